The topological polar surface area (TPSA) is 186 Å². The van der Waals surface area contributed by atoms with Gasteiger partial charge in [0.15, 0.2) is 0 Å². The van der Waals surface area contributed by atoms with Gasteiger partial charge in [0, 0.05) is 45.8 Å². The monoisotopic (exact) mass is 708 g/mol. The van der Waals surface area contributed by atoms with Crippen molar-refractivity contribution in [1.29, 1.82) is 0 Å². The second kappa shape index (κ2) is 13.9. The van der Waals surface area contributed by atoms with Gasteiger partial charge < -0.3 is 19.9 Å². The molecule has 4 N–H and O–H groups in total. The fraction of sp³-hybridized carbons (Fsp3) is 0.419. The molecular formula is C31H40N4O9S3. The summed E-state index contributed by atoms with van der Waals surface area (Å²) in [5.41, 5.74) is 0.828. The Balaban J connectivity index is 1.11. The quantitative estimate of drug-likeness (QED) is 0.250. The van der Waals surface area contributed by atoms with Crippen LogP contribution in [0, 0.1) is 0 Å². The van der Waals surface area contributed by atoms with Crippen molar-refractivity contribution in [1.82, 2.24) is 13.9 Å². The number of hydrogen-bond acceptors (Lipinski definition) is 10. The summed E-state index contributed by atoms with van der Waals surface area (Å²) < 4.78 is 89.5. The smallest absolute Gasteiger partial charge is 0.243 e. The van der Waals surface area contributed by atoms with Gasteiger partial charge in [0.05, 0.1) is 26.9 Å². The number of primary sulfonamides is 1. The highest BCUT2D eigenvalue weighted by atomic mass is 32.2. The van der Waals surface area contributed by atoms with Crippen molar-refractivity contribution in [2.45, 2.75) is 51.7 Å². The molecule has 1 spiro atoms. The number of nitrogens with zero attached hydrogens (tertiary/aromatic N) is 2. The summed E-state index contributed by atoms with van der Waals surface area (Å²) in [4.78, 5) is 0.224. The normalized spacial score (nSPS) is 19.6. The van der Waals surface area contributed by atoms with Crippen molar-refractivity contribution >= 4 is 30.1 Å². The summed E-state index contributed by atoms with van der Waals surface area (Å²) in [5.74, 6) is 0.336. The number of nitrogens with one attached hydrogen (secondary N) is 1. The largest absolute Gasteiger partial charge is 0.491 e. The van der Waals surface area contributed by atoms with Crippen LogP contribution in [0.3, 0.4) is 0 Å². The van der Waals surface area contributed by atoms with Crippen LogP contribution in [0.5, 0.6) is 5.75 Å². The Bertz CT molecular complexity index is 1890. The van der Waals surface area contributed by atoms with Crippen LogP contribution in [0.2, 0.25) is 0 Å². The third kappa shape index (κ3) is 8.21. The van der Waals surface area contributed by atoms with Gasteiger partial charge in [-0.3, -0.25) is 0 Å². The van der Waals surface area contributed by atoms with Crippen LogP contribution in [-0.2, 0) is 34.8 Å². The van der Waals surface area contributed by atoms with E-state index >= 15 is 0 Å². The third-order valence-electron chi connectivity index (χ3n) is 8.50. The second-order valence-electron chi connectivity index (χ2n) is 12.0. The molecular weight excluding hydrogens is 669 g/mol. The number of sulfonamides is 3. The molecule has 2 saturated heterocycles. The van der Waals surface area contributed by atoms with Crippen LogP contribution >= 0.6 is 0 Å². The zero-order valence-corrected chi connectivity index (χ0v) is 28.6. The van der Waals surface area contributed by atoms with Gasteiger partial charge in [-0.05, 0) is 66.8 Å². The molecule has 2 fully saturated rings. The van der Waals surface area contributed by atoms with Crippen molar-refractivity contribution in [3.05, 3.63) is 72.8 Å². The number of aliphatic hydroxyl groups is 1. The summed E-state index contributed by atoms with van der Waals surface area (Å²) in [6.45, 7) is 1.22. The molecule has 0 bridgehead atoms. The highest BCUT2D eigenvalue weighted by Crippen LogP contribution is 2.38. The number of nitrogens with two attached hydrogens (primary N) is 1. The van der Waals surface area contributed by atoms with Crippen molar-refractivity contribution in [3.8, 4) is 16.9 Å². The SMILES string of the molecule is CN(C)S(=O)(=O)c1cccc(OC[C@@H](O)CNC2COC3(CCN(S(=O)(=O)c4cccc(-c5ccc(S(N)(=O)=O)cc5)c4)CC3)C2)c1. The standard InChI is InChI=1S/C31H40N4O9S3/c1-34(2)46(39,40)30-8-4-6-27(18-30)43-22-26(36)20-33-25-19-31(44-21-25)13-15-35(16-14-31)47(41,42)29-7-3-5-24(17-29)23-9-11-28(12-10-23)45(32,37)38/h3-12,17-18,25-26,33,36H,13-16,19-22H2,1-2H3,(H2,32,37,38)/t25?,26-/m0/s1. The maximum atomic E-state index is 13.6. The van der Waals surface area contributed by atoms with E-state index in [0.717, 1.165) is 4.31 Å². The average Bonchev–Trinajstić information content (AvgIpc) is 3.44. The molecule has 16 heteroatoms. The molecule has 3 aromatic rings. The van der Waals surface area contributed by atoms with Gasteiger partial charge in [0.1, 0.15) is 18.5 Å². The Labute approximate surface area is 276 Å². The Morgan fingerprint density at radius 3 is 2.26 bits per heavy atom. The van der Waals surface area contributed by atoms with Crippen LogP contribution in [0.25, 0.3) is 11.1 Å². The molecule has 2 aliphatic rings. The fourth-order valence-electron chi connectivity index (χ4n) is 5.77. The van der Waals surface area contributed by atoms with Crippen LogP contribution < -0.4 is 15.2 Å². The molecule has 2 aliphatic heterocycles. The van der Waals surface area contributed by atoms with E-state index in [9.17, 15) is 30.4 Å². The molecule has 2 atom stereocenters. The van der Waals surface area contributed by atoms with E-state index in [0.29, 0.717) is 55.8 Å². The van der Waals surface area contributed by atoms with Crippen LogP contribution in [0.15, 0.2) is 87.5 Å². The van der Waals surface area contributed by atoms with Gasteiger partial charge in [-0.15, -0.1) is 0 Å². The van der Waals surface area contributed by atoms with Crippen molar-refractivity contribution < 1.29 is 39.8 Å². The minimum absolute atomic E-state index is 0.0254. The number of rotatable bonds is 12. The molecule has 0 aliphatic carbocycles. The van der Waals surface area contributed by atoms with E-state index in [1.165, 1.54) is 42.7 Å². The lowest BCUT2D eigenvalue weighted by molar-refractivity contribution is -0.0312. The van der Waals surface area contributed by atoms with Gasteiger partial charge >= 0.3 is 0 Å². The minimum Gasteiger partial charge on any atom is -0.491 e. The molecule has 0 amide bonds. The summed E-state index contributed by atoms with van der Waals surface area (Å²) in [7, 11) is -8.33. The number of aliphatic hydroxyl groups excluding tert-OH is 1. The lowest BCUT2D eigenvalue weighted by atomic mass is 9.88. The van der Waals surface area contributed by atoms with Crippen LogP contribution in [0.4, 0.5) is 0 Å². The predicted octanol–water partition coefficient (Wildman–Crippen LogP) is 1.59. The first kappa shape index (κ1) is 35.4. The highest BCUT2D eigenvalue weighted by molar-refractivity contribution is 7.89. The molecule has 5 rings (SSSR count). The third-order valence-corrected chi connectivity index (χ3v) is 13.1. The summed E-state index contributed by atoms with van der Waals surface area (Å²) >= 11 is 0. The first-order chi connectivity index (χ1) is 22.1. The van der Waals surface area contributed by atoms with E-state index in [4.69, 9.17) is 14.6 Å². The number of piperidine rings is 1. The van der Waals surface area contributed by atoms with E-state index in [1.54, 1.807) is 48.5 Å². The number of ether oxygens (including phenoxy) is 2. The zero-order valence-electron chi connectivity index (χ0n) is 26.1. The first-order valence-corrected chi connectivity index (χ1v) is 19.5. The maximum Gasteiger partial charge on any atom is 0.243 e. The fourth-order valence-corrected chi connectivity index (χ4v) is 8.71. The van der Waals surface area contributed by atoms with Gasteiger partial charge in [0.2, 0.25) is 30.1 Å². The second-order valence-corrected chi connectivity index (χ2v) is 17.7. The van der Waals surface area contributed by atoms with Crippen molar-refractivity contribution in [2.75, 3.05) is 46.9 Å². The lowest BCUT2D eigenvalue weighted by Gasteiger charge is -2.38. The highest BCUT2D eigenvalue weighted by Gasteiger charge is 2.44. The molecule has 0 radical (unpaired) electrons. The number of hydrogen-bond donors (Lipinski definition) is 3. The summed E-state index contributed by atoms with van der Waals surface area (Å²) in [5, 5.41) is 19.0. The Hall–Kier alpha value is -2.93. The van der Waals surface area contributed by atoms with Crippen LogP contribution in [-0.4, -0.2) is 104 Å². The molecule has 13 nitrogen and oxygen atoms in total. The summed E-state index contributed by atoms with van der Waals surface area (Å²) in [6.07, 6.45) is 0.867. The molecule has 256 valence electrons. The van der Waals surface area contributed by atoms with Crippen molar-refractivity contribution in [2.24, 2.45) is 5.14 Å². The summed E-state index contributed by atoms with van der Waals surface area (Å²) in [6, 6.07) is 18.6. The molecule has 0 aromatic heterocycles. The van der Waals surface area contributed by atoms with E-state index in [1.807, 2.05) is 0 Å². The molecule has 0 saturated carbocycles. The lowest BCUT2D eigenvalue weighted by Crippen LogP contribution is -2.47. The molecule has 1 unspecified atom stereocenters. The van der Waals surface area contributed by atoms with Gasteiger partial charge in [-0.1, -0.05) is 30.3 Å². The van der Waals surface area contributed by atoms with Gasteiger partial charge in [-0.2, -0.15) is 4.31 Å². The van der Waals surface area contributed by atoms with E-state index < -0.39 is 41.8 Å². The maximum absolute atomic E-state index is 13.6. The Morgan fingerprint density at radius 1 is 0.936 bits per heavy atom. The minimum atomic E-state index is -3.84. The van der Waals surface area contributed by atoms with Crippen LogP contribution in [0.1, 0.15) is 19.3 Å². The average molecular weight is 709 g/mol. The van der Waals surface area contributed by atoms with E-state index in [-0.39, 0.29) is 33.9 Å². The first-order valence-electron chi connectivity index (χ1n) is 15.0. The number of benzene rings is 3. The van der Waals surface area contributed by atoms with Gasteiger partial charge in [-0.25, -0.2) is 34.7 Å². The Kier molecular flexibility index (Phi) is 10.5. The Morgan fingerprint density at radius 2 is 1.60 bits per heavy atom. The molecule has 47 heavy (non-hydrogen) atoms. The van der Waals surface area contributed by atoms with Gasteiger partial charge in [0.25, 0.3) is 0 Å². The zero-order chi connectivity index (χ0) is 34.0. The molecule has 2 heterocycles. The predicted molar refractivity (Wildman–Crippen MR) is 175 cm³/mol. The van der Waals surface area contributed by atoms with Crippen molar-refractivity contribution in [3.63, 3.8) is 0 Å². The molecule has 3 aromatic carbocycles. The van der Waals surface area contributed by atoms with E-state index in [2.05, 4.69) is 5.32 Å².